The number of carbonyl (C=O) groups is 1. The Bertz CT molecular complexity index is 865. The van der Waals surface area contributed by atoms with E-state index in [1.54, 1.807) is 6.07 Å². The van der Waals surface area contributed by atoms with E-state index in [0.29, 0.717) is 23.2 Å². The van der Waals surface area contributed by atoms with Gasteiger partial charge < -0.3 is 15.2 Å². The zero-order chi connectivity index (χ0) is 22.3. The summed E-state index contributed by atoms with van der Waals surface area (Å²) in [6, 6.07) is 5.36. The number of hydrogen-bond donors (Lipinski definition) is 2. The van der Waals surface area contributed by atoms with Gasteiger partial charge in [-0.2, -0.15) is 13.2 Å². The zero-order valence-corrected chi connectivity index (χ0v) is 18.4. The topological polar surface area (TPSA) is 71.8 Å². The van der Waals surface area contributed by atoms with E-state index in [9.17, 15) is 18.0 Å². The highest BCUT2D eigenvalue weighted by Crippen LogP contribution is 2.33. The molecule has 1 aromatic carbocycles. The van der Waals surface area contributed by atoms with Crippen molar-refractivity contribution >= 4 is 23.4 Å². The summed E-state index contributed by atoms with van der Waals surface area (Å²) in [7, 11) is 0. The number of nitrogens with one attached hydrogen (secondary N) is 2. The Kier molecular flexibility index (Phi) is 8.22. The number of amides is 1. The lowest BCUT2D eigenvalue weighted by atomic mass is 9.95. The van der Waals surface area contributed by atoms with Crippen LogP contribution in [-0.4, -0.2) is 33.0 Å². The smallest absolute Gasteiger partial charge is 0.378 e. The highest BCUT2D eigenvalue weighted by Gasteiger charge is 2.30. The summed E-state index contributed by atoms with van der Waals surface area (Å²) in [4.78, 5) is 12.0. The molecule has 0 atom stereocenters. The molecule has 0 saturated heterocycles. The molecular weight excluding hydrogens is 427 g/mol. The average Bonchev–Trinajstić information content (AvgIpc) is 3.18. The van der Waals surface area contributed by atoms with E-state index >= 15 is 0 Å². The maximum atomic E-state index is 13.0. The van der Waals surface area contributed by atoms with E-state index in [4.69, 9.17) is 0 Å². The van der Waals surface area contributed by atoms with Gasteiger partial charge in [0.1, 0.15) is 0 Å². The largest absolute Gasteiger partial charge is 0.416 e. The van der Waals surface area contributed by atoms with Gasteiger partial charge in [-0.3, -0.25) is 4.79 Å². The highest BCUT2D eigenvalue weighted by atomic mass is 32.2. The van der Waals surface area contributed by atoms with E-state index in [1.807, 2.05) is 6.92 Å². The van der Waals surface area contributed by atoms with Crippen LogP contribution >= 0.6 is 11.8 Å². The third-order valence-corrected chi connectivity index (χ3v) is 6.16. The SMILES string of the molecule is CCCNC(=O)CSc1nnc(CNc2cccc(C(F)(F)F)c2)n1C1CCCCC1. The van der Waals surface area contributed by atoms with Gasteiger partial charge in [-0.25, -0.2) is 0 Å². The van der Waals surface area contributed by atoms with Gasteiger partial charge in [-0.15, -0.1) is 10.2 Å². The number of rotatable bonds is 9. The van der Waals surface area contributed by atoms with Crippen LogP contribution in [0.3, 0.4) is 0 Å². The highest BCUT2D eigenvalue weighted by molar-refractivity contribution is 7.99. The van der Waals surface area contributed by atoms with Gasteiger partial charge in [0, 0.05) is 18.3 Å². The van der Waals surface area contributed by atoms with E-state index in [-0.39, 0.29) is 24.2 Å². The number of anilines is 1. The monoisotopic (exact) mass is 455 g/mol. The van der Waals surface area contributed by atoms with Gasteiger partial charge in [0.2, 0.25) is 5.91 Å². The molecule has 0 aliphatic heterocycles. The molecule has 2 aromatic rings. The van der Waals surface area contributed by atoms with E-state index < -0.39 is 11.7 Å². The minimum absolute atomic E-state index is 0.0475. The van der Waals surface area contributed by atoms with Crippen LogP contribution in [0.5, 0.6) is 0 Å². The maximum Gasteiger partial charge on any atom is 0.416 e. The number of carbonyl (C=O) groups excluding carboxylic acids is 1. The lowest BCUT2D eigenvalue weighted by molar-refractivity contribution is -0.137. The molecule has 1 aliphatic carbocycles. The van der Waals surface area contributed by atoms with Crippen LogP contribution in [0.2, 0.25) is 0 Å². The molecule has 6 nitrogen and oxygen atoms in total. The molecule has 1 aliphatic rings. The molecule has 10 heteroatoms. The van der Waals surface area contributed by atoms with Crippen molar-refractivity contribution in [3.8, 4) is 0 Å². The second-order valence-corrected chi connectivity index (χ2v) is 8.57. The molecule has 170 valence electrons. The summed E-state index contributed by atoms with van der Waals surface area (Å²) in [6.07, 6.45) is 1.92. The molecule has 0 radical (unpaired) electrons. The Morgan fingerprint density at radius 2 is 2.00 bits per heavy atom. The molecule has 2 N–H and O–H groups in total. The molecular formula is C21H28F3N5OS. The second kappa shape index (κ2) is 10.9. The molecule has 1 amide bonds. The average molecular weight is 456 g/mol. The van der Waals surface area contributed by atoms with E-state index in [0.717, 1.165) is 44.2 Å². The van der Waals surface area contributed by atoms with Crippen molar-refractivity contribution in [3.63, 3.8) is 0 Å². The van der Waals surface area contributed by atoms with Crippen LogP contribution in [0.1, 0.15) is 62.9 Å². The molecule has 31 heavy (non-hydrogen) atoms. The van der Waals surface area contributed by atoms with E-state index in [2.05, 4.69) is 25.4 Å². The summed E-state index contributed by atoms with van der Waals surface area (Å²) in [5.74, 6) is 0.876. The first kappa shape index (κ1) is 23.4. The summed E-state index contributed by atoms with van der Waals surface area (Å²) in [5.41, 5.74) is -0.318. The summed E-state index contributed by atoms with van der Waals surface area (Å²) >= 11 is 1.35. The van der Waals surface area contributed by atoms with Crippen molar-refractivity contribution in [3.05, 3.63) is 35.7 Å². The van der Waals surface area contributed by atoms with Crippen LogP contribution in [0.4, 0.5) is 18.9 Å². The Morgan fingerprint density at radius 3 is 2.71 bits per heavy atom. The molecule has 0 bridgehead atoms. The first-order valence-electron chi connectivity index (χ1n) is 10.6. The van der Waals surface area contributed by atoms with Crippen LogP contribution in [0, 0.1) is 0 Å². The van der Waals surface area contributed by atoms with Crippen molar-refractivity contribution in [2.75, 3.05) is 17.6 Å². The standard InChI is InChI=1S/C21H28F3N5OS/c1-2-11-25-19(30)14-31-20-28-27-18(29(20)17-9-4-3-5-10-17)13-26-16-8-6-7-15(12-16)21(22,23)24/h6-8,12,17,26H,2-5,9-11,13-14H2,1H3,(H,25,30). The van der Waals surface area contributed by atoms with Gasteiger partial charge >= 0.3 is 6.18 Å². The summed E-state index contributed by atoms with van der Waals surface area (Å²) < 4.78 is 41.0. The Morgan fingerprint density at radius 1 is 1.23 bits per heavy atom. The molecule has 1 heterocycles. The molecule has 0 spiro atoms. The van der Waals surface area contributed by atoms with Crippen molar-refractivity contribution in [1.29, 1.82) is 0 Å². The summed E-state index contributed by atoms with van der Waals surface area (Å²) in [5, 5.41) is 15.2. The predicted octanol–water partition coefficient (Wildman–Crippen LogP) is 5.03. The molecule has 3 rings (SSSR count). The van der Waals surface area contributed by atoms with Crippen molar-refractivity contribution in [2.24, 2.45) is 0 Å². The Hall–Kier alpha value is -2.23. The van der Waals surface area contributed by atoms with Gasteiger partial charge in [-0.1, -0.05) is 44.0 Å². The number of nitrogens with zero attached hydrogens (tertiary/aromatic N) is 3. The first-order valence-corrected chi connectivity index (χ1v) is 11.6. The fraction of sp³-hybridized carbons (Fsp3) is 0.571. The molecule has 1 saturated carbocycles. The quantitative estimate of drug-likeness (QED) is 0.519. The lowest BCUT2D eigenvalue weighted by Crippen LogP contribution is -2.26. The minimum atomic E-state index is -4.39. The van der Waals surface area contributed by atoms with Gasteiger partial charge in [0.25, 0.3) is 0 Å². The Balaban J connectivity index is 1.73. The number of thioether (sulfide) groups is 1. The maximum absolute atomic E-state index is 13.0. The Labute approximate surface area is 184 Å². The van der Waals surface area contributed by atoms with Crippen LogP contribution in [0.15, 0.2) is 29.4 Å². The van der Waals surface area contributed by atoms with E-state index in [1.165, 1.54) is 24.2 Å². The summed E-state index contributed by atoms with van der Waals surface area (Å²) in [6.45, 7) is 2.89. The van der Waals surface area contributed by atoms with Crippen molar-refractivity contribution in [2.45, 2.75) is 69.4 Å². The normalized spacial score (nSPS) is 15.1. The number of benzene rings is 1. The fourth-order valence-corrected chi connectivity index (χ4v) is 4.52. The number of aromatic nitrogens is 3. The lowest BCUT2D eigenvalue weighted by Gasteiger charge is -2.25. The first-order chi connectivity index (χ1) is 14.9. The van der Waals surface area contributed by atoms with Crippen molar-refractivity contribution < 1.29 is 18.0 Å². The zero-order valence-electron chi connectivity index (χ0n) is 17.5. The van der Waals surface area contributed by atoms with Crippen LogP contribution in [0.25, 0.3) is 0 Å². The number of halogens is 3. The third-order valence-electron chi connectivity index (χ3n) is 5.22. The van der Waals surface area contributed by atoms with Gasteiger partial charge in [0.05, 0.1) is 17.9 Å². The van der Waals surface area contributed by atoms with Crippen LogP contribution in [-0.2, 0) is 17.5 Å². The predicted molar refractivity (Wildman–Crippen MR) is 115 cm³/mol. The number of hydrogen-bond acceptors (Lipinski definition) is 5. The third kappa shape index (κ3) is 6.62. The fourth-order valence-electron chi connectivity index (χ4n) is 3.66. The molecule has 1 fully saturated rings. The van der Waals surface area contributed by atoms with Crippen molar-refractivity contribution in [1.82, 2.24) is 20.1 Å². The van der Waals surface area contributed by atoms with Crippen LogP contribution < -0.4 is 10.6 Å². The van der Waals surface area contributed by atoms with Gasteiger partial charge in [-0.05, 0) is 37.5 Å². The van der Waals surface area contributed by atoms with Gasteiger partial charge in [0.15, 0.2) is 11.0 Å². The molecule has 1 aromatic heterocycles. The second-order valence-electron chi connectivity index (χ2n) is 7.63. The molecule has 0 unspecified atom stereocenters. The minimum Gasteiger partial charge on any atom is -0.378 e. The number of alkyl halides is 3.